The molecule has 1 aromatic rings. The second-order valence-corrected chi connectivity index (χ2v) is 1.82. The molecule has 0 aliphatic carbocycles. The van der Waals surface area contributed by atoms with E-state index in [4.69, 9.17) is 10.2 Å². The molecule has 0 saturated heterocycles. The van der Waals surface area contributed by atoms with E-state index in [2.05, 4.69) is 0 Å². The first kappa shape index (κ1) is 11.0. The Kier molecular flexibility index (Phi) is 4.76. The van der Waals surface area contributed by atoms with Crippen LogP contribution in [0, 0.1) is 0 Å². The largest absolute Gasteiger partial charge is 2.00 e. The molecule has 0 aliphatic heterocycles. The van der Waals surface area contributed by atoms with Crippen molar-refractivity contribution in [2.75, 3.05) is 0 Å². The summed E-state index contributed by atoms with van der Waals surface area (Å²) in [5.41, 5.74) is -0.0671. The first-order valence-electron chi connectivity index (χ1n) is 2.73. The van der Waals surface area contributed by atoms with Crippen molar-refractivity contribution in [2.45, 2.75) is 0 Å². The second kappa shape index (κ2) is 4.77. The van der Waals surface area contributed by atoms with Crippen molar-refractivity contribution in [1.82, 2.24) is 0 Å². The Morgan fingerprint density at radius 1 is 1.36 bits per heavy atom. The molecule has 11 heavy (non-hydrogen) atoms. The average Bonchev–Trinajstić information content (AvgIpc) is 1.88. The smallest absolute Gasteiger partial charge is 1.00 e. The van der Waals surface area contributed by atoms with Crippen molar-refractivity contribution < 1.29 is 17.9 Å². The van der Waals surface area contributed by atoms with Crippen LogP contribution in [0.15, 0.2) is 24.3 Å². The molecular weight excluding hydrogens is 220 g/mol. The molecule has 0 atom stereocenters. The predicted molar refractivity (Wildman–Crippen MR) is 43.0 cm³/mol. The Labute approximate surface area is 104 Å². The van der Waals surface area contributed by atoms with Crippen LogP contribution >= 0.6 is 0 Å². The number of para-hydroxylation sites is 1. The molecule has 0 heterocycles. The van der Waals surface area contributed by atoms with E-state index in [1.54, 1.807) is 12.1 Å². The normalized spacial score (nSPS) is 8.36. The summed E-state index contributed by atoms with van der Waals surface area (Å²) in [6.07, 6.45) is 0. The van der Waals surface area contributed by atoms with Gasteiger partial charge in [0.25, 0.3) is 0 Å². The maximum Gasteiger partial charge on any atom is 2.00 e. The van der Waals surface area contributed by atoms with E-state index in [-0.39, 0.29) is 59.6 Å². The number of aromatic hydroxyl groups is 1. The van der Waals surface area contributed by atoms with E-state index in [9.17, 15) is 4.79 Å². The number of carbonyl (C=O) groups is 1. The van der Waals surface area contributed by atoms with E-state index >= 15 is 0 Å². The number of benzene rings is 1. The third kappa shape index (κ3) is 2.83. The van der Waals surface area contributed by atoms with Crippen molar-refractivity contribution in [2.24, 2.45) is 0 Å². The predicted octanol–water partition coefficient (Wildman–Crippen LogP) is 0.935. The Hall–Kier alpha value is -0.0295. The fourth-order valence-corrected chi connectivity index (χ4v) is 0.654. The molecule has 0 aliphatic rings. The van der Waals surface area contributed by atoms with Crippen molar-refractivity contribution >= 4 is 51.5 Å². The summed E-state index contributed by atoms with van der Waals surface area (Å²) in [6.45, 7) is 0. The fraction of sp³-hybridized carbons (Fsp3) is 0. The van der Waals surface area contributed by atoms with Gasteiger partial charge in [-0.15, -0.1) is 0 Å². The van der Waals surface area contributed by atoms with Crippen molar-refractivity contribution in [3.63, 3.8) is 0 Å². The van der Waals surface area contributed by atoms with Gasteiger partial charge < -0.3 is 13.1 Å². The van der Waals surface area contributed by atoms with Gasteiger partial charge >= 0.3 is 51.5 Å². The van der Waals surface area contributed by atoms with Crippen LogP contribution in [0.5, 0.6) is 5.75 Å². The third-order valence-electron chi connectivity index (χ3n) is 1.13. The molecular formula is C7H8O3Sr. The van der Waals surface area contributed by atoms with Crippen LogP contribution < -0.4 is 0 Å². The standard InChI is InChI=1S/C7H6O3.Sr.2H/c8-6-4-2-1-3-5(6)7(9)10;;;/h1-4,8H,(H,9,10);;;/q;+2;2*-1. The van der Waals surface area contributed by atoms with Crippen LogP contribution in [-0.2, 0) is 0 Å². The first-order valence-corrected chi connectivity index (χ1v) is 2.73. The molecule has 2 N–H and O–H groups in total. The molecule has 1 rings (SSSR count). The zero-order chi connectivity index (χ0) is 7.56. The molecule has 0 unspecified atom stereocenters. The minimum absolute atomic E-state index is 0. The second-order valence-electron chi connectivity index (χ2n) is 1.82. The zero-order valence-electron chi connectivity index (χ0n) is 7.82. The van der Waals surface area contributed by atoms with Gasteiger partial charge in [-0.1, -0.05) is 12.1 Å². The molecule has 0 aromatic heterocycles. The quantitative estimate of drug-likeness (QED) is 0.702. The van der Waals surface area contributed by atoms with E-state index < -0.39 is 5.97 Å². The first-order chi connectivity index (χ1) is 4.72. The van der Waals surface area contributed by atoms with Crippen molar-refractivity contribution in [1.29, 1.82) is 0 Å². The van der Waals surface area contributed by atoms with Crippen LogP contribution in [-0.4, -0.2) is 61.7 Å². The minimum Gasteiger partial charge on any atom is -1.00 e. The summed E-state index contributed by atoms with van der Waals surface area (Å²) in [4.78, 5) is 10.3. The summed E-state index contributed by atoms with van der Waals surface area (Å²) >= 11 is 0. The molecule has 0 amide bonds. The molecule has 0 spiro atoms. The molecule has 4 heteroatoms. The number of aromatic carboxylic acids is 1. The van der Waals surface area contributed by atoms with Crippen LogP contribution in [0.2, 0.25) is 0 Å². The Morgan fingerprint density at radius 2 is 1.91 bits per heavy atom. The summed E-state index contributed by atoms with van der Waals surface area (Å²) in [5, 5.41) is 17.3. The van der Waals surface area contributed by atoms with Gasteiger partial charge in [-0.05, 0) is 12.1 Å². The molecule has 0 bridgehead atoms. The number of hydrogen-bond acceptors (Lipinski definition) is 2. The van der Waals surface area contributed by atoms with Crippen molar-refractivity contribution in [3.05, 3.63) is 29.8 Å². The Balaban J connectivity index is -0.000000333. The van der Waals surface area contributed by atoms with E-state index in [0.29, 0.717) is 0 Å². The number of carboxylic acids is 1. The van der Waals surface area contributed by atoms with E-state index in [0.717, 1.165) is 0 Å². The number of hydrogen-bond donors (Lipinski definition) is 2. The molecule has 56 valence electrons. The molecule has 0 radical (unpaired) electrons. The molecule has 0 saturated carbocycles. The van der Waals surface area contributed by atoms with E-state index in [1.165, 1.54) is 12.1 Å². The monoisotopic (exact) mass is 228 g/mol. The Bertz CT molecular complexity index is 268. The van der Waals surface area contributed by atoms with Gasteiger partial charge in [-0.25, -0.2) is 4.79 Å². The minimum atomic E-state index is -1.11. The maximum atomic E-state index is 10.3. The van der Waals surface area contributed by atoms with Crippen LogP contribution in [0.4, 0.5) is 0 Å². The van der Waals surface area contributed by atoms with Gasteiger partial charge in [-0.2, -0.15) is 0 Å². The molecule has 3 nitrogen and oxygen atoms in total. The van der Waals surface area contributed by atoms with E-state index in [1.807, 2.05) is 0 Å². The van der Waals surface area contributed by atoms with Crippen molar-refractivity contribution in [3.8, 4) is 5.75 Å². The SMILES string of the molecule is O=C(O)c1ccccc1O.[H-].[H-].[Sr+2]. The molecule has 1 aromatic carbocycles. The van der Waals surface area contributed by atoms with Gasteiger partial charge in [0.2, 0.25) is 0 Å². The van der Waals surface area contributed by atoms with Gasteiger partial charge in [0, 0.05) is 0 Å². The third-order valence-corrected chi connectivity index (χ3v) is 1.13. The van der Waals surface area contributed by atoms with Gasteiger partial charge in [-0.3, -0.25) is 0 Å². The zero-order valence-corrected chi connectivity index (χ0v) is 9.30. The van der Waals surface area contributed by atoms with Crippen LogP contribution in [0.1, 0.15) is 13.2 Å². The maximum absolute atomic E-state index is 10.3. The van der Waals surface area contributed by atoms with Crippen LogP contribution in [0.25, 0.3) is 0 Å². The van der Waals surface area contributed by atoms with Gasteiger partial charge in [0.05, 0.1) is 0 Å². The summed E-state index contributed by atoms with van der Waals surface area (Å²) < 4.78 is 0. The average molecular weight is 228 g/mol. The number of rotatable bonds is 1. The Morgan fingerprint density at radius 3 is 2.27 bits per heavy atom. The van der Waals surface area contributed by atoms with Gasteiger partial charge in [0.1, 0.15) is 11.3 Å². The summed E-state index contributed by atoms with van der Waals surface area (Å²) in [7, 11) is 0. The summed E-state index contributed by atoms with van der Waals surface area (Å²) in [6, 6.07) is 5.81. The molecule has 0 fully saturated rings. The number of phenols is 1. The summed E-state index contributed by atoms with van der Waals surface area (Å²) in [5.74, 6) is -1.31. The topological polar surface area (TPSA) is 57.5 Å². The van der Waals surface area contributed by atoms with Gasteiger partial charge in [0.15, 0.2) is 0 Å². The fourth-order valence-electron chi connectivity index (χ4n) is 0.654. The number of carboxylic acid groups (broad SMARTS) is 1. The van der Waals surface area contributed by atoms with Crippen LogP contribution in [0.3, 0.4) is 0 Å².